The smallest absolute Gasteiger partial charge is 0.325 e. The van der Waals surface area contributed by atoms with Crippen molar-refractivity contribution >= 4 is 23.8 Å². The molecule has 0 saturated carbocycles. The van der Waals surface area contributed by atoms with Gasteiger partial charge >= 0.3 is 12.0 Å². The van der Waals surface area contributed by atoms with Crippen molar-refractivity contribution in [1.82, 2.24) is 15.5 Å². The van der Waals surface area contributed by atoms with Crippen molar-refractivity contribution in [1.29, 1.82) is 0 Å². The first kappa shape index (κ1) is 20.9. The Morgan fingerprint density at radius 1 is 1.32 bits per heavy atom. The minimum atomic E-state index is -1.34. The van der Waals surface area contributed by atoms with Crippen LogP contribution in [0.2, 0.25) is 0 Å². The lowest BCUT2D eigenvalue weighted by molar-refractivity contribution is -0.141. The molecule has 2 rings (SSSR count). The third kappa shape index (κ3) is 4.48. The summed E-state index contributed by atoms with van der Waals surface area (Å²) < 4.78 is 5.51. The van der Waals surface area contributed by atoms with Gasteiger partial charge < -0.3 is 20.5 Å². The molecule has 1 aromatic rings. The summed E-state index contributed by atoms with van der Waals surface area (Å²) in [5.74, 6) is -1.98. The van der Waals surface area contributed by atoms with Gasteiger partial charge in [-0.2, -0.15) is 0 Å². The summed E-state index contributed by atoms with van der Waals surface area (Å²) in [6.45, 7) is 8.20. The van der Waals surface area contributed by atoms with Crippen LogP contribution >= 0.6 is 0 Å². The second-order valence-electron chi connectivity index (χ2n) is 6.84. The maximum atomic E-state index is 12.8. The highest BCUT2D eigenvalue weighted by atomic mass is 16.5. The van der Waals surface area contributed by atoms with E-state index >= 15 is 0 Å². The fraction of sp³-hybridized carbons (Fsp3) is 0.368. The molecule has 0 aliphatic carbocycles. The van der Waals surface area contributed by atoms with E-state index in [1.807, 2.05) is 6.92 Å². The van der Waals surface area contributed by atoms with Gasteiger partial charge in [-0.3, -0.25) is 19.3 Å². The predicted octanol–water partition coefficient (Wildman–Crippen LogP) is 0.998. The molecule has 9 nitrogen and oxygen atoms in total. The zero-order valence-electron chi connectivity index (χ0n) is 15.9. The molecule has 1 fully saturated rings. The molecular formula is C19H23N3O6. The number of hydrogen-bond donors (Lipinski definition) is 3. The number of carbonyl (C=O) groups excluding carboxylic acids is 3. The molecule has 2 atom stereocenters. The van der Waals surface area contributed by atoms with Crippen molar-refractivity contribution in [3.8, 4) is 5.75 Å². The van der Waals surface area contributed by atoms with Gasteiger partial charge in [0.2, 0.25) is 5.91 Å². The Morgan fingerprint density at radius 3 is 2.46 bits per heavy atom. The Kier molecular flexibility index (Phi) is 6.07. The number of carboxylic acids is 1. The average molecular weight is 389 g/mol. The molecule has 1 saturated heterocycles. The van der Waals surface area contributed by atoms with E-state index in [0.29, 0.717) is 17.9 Å². The van der Waals surface area contributed by atoms with Gasteiger partial charge in [-0.15, -0.1) is 0 Å². The van der Waals surface area contributed by atoms with Crippen LogP contribution < -0.4 is 15.4 Å². The lowest BCUT2D eigenvalue weighted by Crippen LogP contribution is -2.46. The van der Waals surface area contributed by atoms with Crippen molar-refractivity contribution < 1.29 is 29.0 Å². The zero-order valence-corrected chi connectivity index (χ0v) is 15.9. The van der Waals surface area contributed by atoms with Crippen molar-refractivity contribution in [3.05, 3.63) is 42.0 Å². The lowest BCUT2D eigenvalue weighted by Gasteiger charge is -2.22. The van der Waals surface area contributed by atoms with Crippen LogP contribution in [-0.4, -0.2) is 53.0 Å². The fourth-order valence-electron chi connectivity index (χ4n) is 2.62. The second-order valence-corrected chi connectivity index (χ2v) is 6.84. The number of nitrogens with one attached hydrogen (secondary N) is 2. The summed E-state index contributed by atoms with van der Waals surface area (Å²) in [7, 11) is 0. The Bertz CT molecular complexity index is 819. The molecule has 28 heavy (non-hydrogen) atoms. The summed E-state index contributed by atoms with van der Waals surface area (Å²) in [6, 6.07) is 4.80. The molecule has 0 spiro atoms. The number of carboxylic acid groups (broad SMARTS) is 1. The first-order valence-electron chi connectivity index (χ1n) is 8.58. The molecule has 0 radical (unpaired) electrons. The van der Waals surface area contributed by atoms with Crippen molar-refractivity contribution in [3.63, 3.8) is 0 Å². The molecule has 1 aliphatic rings. The summed E-state index contributed by atoms with van der Waals surface area (Å²) in [4.78, 5) is 48.6. The van der Waals surface area contributed by atoms with E-state index in [1.165, 1.54) is 13.8 Å². The van der Waals surface area contributed by atoms with Crippen LogP contribution in [0.5, 0.6) is 5.75 Å². The number of imide groups is 1. The number of amides is 4. The van der Waals surface area contributed by atoms with Crippen LogP contribution in [0.3, 0.4) is 0 Å². The fourth-order valence-corrected chi connectivity index (χ4v) is 2.62. The maximum Gasteiger partial charge on any atom is 0.325 e. The van der Waals surface area contributed by atoms with E-state index in [0.717, 1.165) is 10.5 Å². The highest BCUT2D eigenvalue weighted by Gasteiger charge is 2.49. The lowest BCUT2D eigenvalue weighted by atomic mass is 9.92. The first-order chi connectivity index (χ1) is 13.0. The normalized spacial score (nSPS) is 19.8. The van der Waals surface area contributed by atoms with Gasteiger partial charge in [-0.25, -0.2) is 4.79 Å². The number of hydrogen-bond acceptors (Lipinski definition) is 5. The number of benzene rings is 1. The molecule has 1 aromatic carbocycles. The second kappa shape index (κ2) is 8.12. The summed E-state index contributed by atoms with van der Waals surface area (Å²) >= 11 is 0. The van der Waals surface area contributed by atoms with Gasteiger partial charge in [0.15, 0.2) is 0 Å². The molecule has 1 aliphatic heterocycles. The van der Waals surface area contributed by atoms with Crippen molar-refractivity contribution in [2.24, 2.45) is 0 Å². The number of ether oxygens (including phenoxy) is 1. The van der Waals surface area contributed by atoms with E-state index in [9.17, 15) is 19.2 Å². The first-order valence-corrected chi connectivity index (χ1v) is 8.58. The zero-order chi connectivity index (χ0) is 21.1. The Hall–Kier alpha value is -3.36. The van der Waals surface area contributed by atoms with Crippen LogP contribution in [0.4, 0.5) is 4.79 Å². The standard InChI is InChI=1S/C19H23N3O6/c1-11(2)10-28-14-7-5-13(6-8-14)19(4)17(26)22(18(27)21-19)9-15(23)20-12(3)16(24)25/h5-8,12H,1,9-10H2,2-4H3,(H,20,23)(H,21,27)(H,24,25). The van der Waals surface area contributed by atoms with E-state index in [2.05, 4.69) is 17.2 Å². The SMILES string of the molecule is C=C(C)COc1ccc(C2(C)NC(=O)N(CC(=O)NC(C)C(=O)O)C2=O)cc1. The summed E-state index contributed by atoms with van der Waals surface area (Å²) in [5, 5.41) is 13.6. The molecule has 0 aromatic heterocycles. The molecule has 2 unspecified atom stereocenters. The van der Waals surface area contributed by atoms with Gasteiger partial charge in [0.05, 0.1) is 0 Å². The van der Waals surface area contributed by atoms with E-state index in [4.69, 9.17) is 9.84 Å². The topological polar surface area (TPSA) is 125 Å². The average Bonchev–Trinajstić information content (AvgIpc) is 2.84. The largest absolute Gasteiger partial charge is 0.489 e. The molecule has 9 heteroatoms. The van der Waals surface area contributed by atoms with E-state index in [1.54, 1.807) is 24.3 Å². The van der Waals surface area contributed by atoms with Gasteiger partial charge in [-0.1, -0.05) is 18.7 Å². The molecule has 1 heterocycles. The van der Waals surface area contributed by atoms with Crippen LogP contribution in [0.1, 0.15) is 26.3 Å². The molecule has 3 N–H and O–H groups in total. The third-order valence-corrected chi connectivity index (χ3v) is 4.24. The van der Waals surface area contributed by atoms with Crippen LogP contribution in [-0.2, 0) is 19.9 Å². The van der Waals surface area contributed by atoms with Crippen LogP contribution in [0.25, 0.3) is 0 Å². The predicted molar refractivity (Wildman–Crippen MR) is 99.6 cm³/mol. The monoisotopic (exact) mass is 389 g/mol. The number of carbonyl (C=O) groups is 4. The number of nitrogens with zero attached hydrogens (tertiary/aromatic N) is 1. The Balaban J connectivity index is 2.11. The molecule has 4 amide bonds. The Morgan fingerprint density at radius 2 is 1.93 bits per heavy atom. The van der Waals surface area contributed by atoms with Crippen LogP contribution in [0, 0.1) is 0 Å². The maximum absolute atomic E-state index is 12.8. The number of urea groups is 1. The molecular weight excluding hydrogens is 366 g/mol. The highest BCUT2D eigenvalue weighted by Crippen LogP contribution is 2.30. The summed E-state index contributed by atoms with van der Waals surface area (Å²) in [5.41, 5.74) is 0.0404. The number of rotatable bonds is 8. The highest BCUT2D eigenvalue weighted by molar-refractivity contribution is 6.09. The molecule has 150 valence electrons. The minimum Gasteiger partial charge on any atom is -0.489 e. The van der Waals surface area contributed by atoms with Gasteiger partial charge in [0, 0.05) is 0 Å². The molecule has 0 bridgehead atoms. The summed E-state index contributed by atoms with van der Waals surface area (Å²) in [6.07, 6.45) is 0. The third-order valence-electron chi connectivity index (χ3n) is 4.24. The Labute approximate surface area is 162 Å². The number of aliphatic carboxylic acids is 1. The van der Waals surface area contributed by atoms with Crippen LogP contribution in [0.15, 0.2) is 36.4 Å². The van der Waals surface area contributed by atoms with Gasteiger partial charge in [0.25, 0.3) is 5.91 Å². The van der Waals surface area contributed by atoms with E-state index in [-0.39, 0.29) is 0 Å². The van der Waals surface area contributed by atoms with Gasteiger partial charge in [0.1, 0.15) is 30.5 Å². The van der Waals surface area contributed by atoms with Crippen molar-refractivity contribution in [2.75, 3.05) is 13.2 Å². The van der Waals surface area contributed by atoms with E-state index < -0.39 is 41.9 Å². The minimum absolute atomic E-state index is 0.365. The quantitative estimate of drug-likeness (QED) is 0.450. The van der Waals surface area contributed by atoms with Gasteiger partial charge in [-0.05, 0) is 44.0 Å². The van der Waals surface area contributed by atoms with Crippen molar-refractivity contribution in [2.45, 2.75) is 32.4 Å².